The Hall–Kier alpha value is -2.66. The van der Waals surface area contributed by atoms with E-state index in [2.05, 4.69) is 0 Å². The Morgan fingerprint density at radius 2 is 2.08 bits per heavy atom. The normalized spacial score (nSPS) is 10.4. The maximum Gasteiger partial charge on any atom is 0.320 e. The molecule has 0 unspecified atom stereocenters. The first-order chi connectivity index (χ1) is 12.5. The van der Waals surface area contributed by atoms with Crippen molar-refractivity contribution in [2.24, 2.45) is 0 Å². The molecule has 0 heterocycles. The molecule has 142 valence electrons. The van der Waals surface area contributed by atoms with Crippen LogP contribution in [0.4, 0.5) is 4.39 Å². The van der Waals surface area contributed by atoms with Gasteiger partial charge in [-0.1, -0.05) is 19.4 Å². The topological polar surface area (TPSA) is 99.9 Å². The van der Waals surface area contributed by atoms with Gasteiger partial charge in [0.15, 0.2) is 0 Å². The Kier molecular flexibility index (Phi) is 9.72. The van der Waals surface area contributed by atoms with E-state index in [1.54, 1.807) is 12.1 Å². The average molecular weight is 366 g/mol. The lowest BCUT2D eigenvalue weighted by atomic mass is 10.1. The average Bonchev–Trinajstić information content (AvgIpc) is 2.60. The van der Waals surface area contributed by atoms with E-state index in [1.807, 2.05) is 13.0 Å². The van der Waals surface area contributed by atoms with Crippen LogP contribution in [-0.2, 0) is 20.9 Å². The van der Waals surface area contributed by atoms with Crippen LogP contribution < -0.4 is 4.74 Å². The number of benzene rings is 1. The molecule has 0 radical (unpaired) electrons. The molecule has 0 saturated carbocycles. The number of carboxylic acid groups (broad SMARTS) is 1. The van der Waals surface area contributed by atoms with E-state index in [1.165, 1.54) is 11.0 Å². The van der Waals surface area contributed by atoms with E-state index >= 15 is 0 Å². The third kappa shape index (κ3) is 7.94. The van der Waals surface area contributed by atoms with Gasteiger partial charge in [-0.25, -0.2) is 4.39 Å². The number of rotatable bonds is 12. The third-order valence-corrected chi connectivity index (χ3v) is 3.40. The Morgan fingerprint density at radius 1 is 1.31 bits per heavy atom. The summed E-state index contributed by atoms with van der Waals surface area (Å²) >= 11 is 0. The molecule has 0 spiro atoms. The number of ether oxygens (including phenoxy) is 2. The van der Waals surface area contributed by atoms with Crippen LogP contribution in [0.2, 0.25) is 0 Å². The van der Waals surface area contributed by atoms with Gasteiger partial charge in [-0.3, -0.25) is 14.5 Å². The van der Waals surface area contributed by atoms with E-state index in [9.17, 15) is 14.0 Å². The van der Waals surface area contributed by atoms with Crippen molar-refractivity contribution < 1.29 is 28.6 Å². The molecule has 0 bridgehead atoms. The number of nitriles is 1. The first-order valence-electron chi connectivity index (χ1n) is 8.31. The van der Waals surface area contributed by atoms with Crippen molar-refractivity contribution in [3.63, 3.8) is 0 Å². The zero-order valence-electron chi connectivity index (χ0n) is 14.7. The molecule has 1 aromatic rings. The van der Waals surface area contributed by atoms with Gasteiger partial charge in [0, 0.05) is 12.1 Å². The second kappa shape index (κ2) is 11.8. The number of alkyl halides is 1. The molecule has 0 aliphatic rings. The number of hydrogen-bond donors (Lipinski definition) is 1. The summed E-state index contributed by atoms with van der Waals surface area (Å²) in [7, 11) is 0. The Bertz CT molecular complexity index is 645. The van der Waals surface area contributed by atoms with Gasteiger partial charge in [-0.2, -0.15) is 5.26 Å². The number of nitrogens with zero attached hydrogens (tertiary/aromatic N) is 2. The van der Waals surface area contributed by atoms with Crippen LogP contribution in [0.25, 0.3) is 0 Å². The van der Waals surface area contributed by atoms with Gasteiger partial charge in [0.05, 0.1) is 31.3 Å². The highest BCUT2D eigenvalue weighted by Gasteiger charge is 2.18. The fraction of sp³-hybridized carbons (Fsp3) is 0.500. The zero-order chi connectivity index (χ0) is 19.4. The number of carbonyl (C=O) groups is 2. The molecular weight excluding hydrogens is 343 g/mol. The summed E-state index contributed by atoms with van der Waals surface area (Å²) in [5, 5.41) is 18.0. The standard InChI is InChI=1S/C18H23FN2O5/c1-2-3-7-26-18(24)13-21(12-17(22)23)11-15-5-4-14(10-20)9-16(15)25-8-6-19/h4-5,9H,2-3,6-8,11-13H2,1H3,(H,22,23). The SMILES string of the molecule is CCCCOC(=O)CN(CC(=O)O)Cc1ccc(C#N)cc1OCCF. The van der Waals surface area contributed by atoms with Crippen LogP contribution in [-0.4, -0.2) is 54.9 Å². The van der Waals surface area contributed by atoms with Crippen molar-refractivity contribution in [3.8, 4) is 11.8 Å². The summed E-state index contributed by atoms with van der Waals surface area (Å²) in [6, 6.07) is 6.58. The predicted molar refractivity (Wildman–Crippen MR) is 91.4 cm³/mol. The van der Waals surface area contributed by atoms with Gasteiger partial charge >= 0.3 is 11.9 Å². The molecular formula is C18H23FN2O5. The zero-order valence-corrected chi connectivity index (χ0v) is 14.7. The van der Waals surface area contributed by atoms with E-state index in [0.717, 1.165) is 12.8 Å². The molecule has 7 nitrogen and oxygen atoms in total. The molecule has 26 heavy (non-hydrogen) atoms. The molecule has 0 aromatic heterocycles. The van der Waals surface area contributed by atoms with Crippen molar-refractivity contribution in [2.45, 2.75) is 26.3 Å². The maximum absolute atomic E-state index is 12.4. The van der Waals surface area contributed by atoms with Crippen molar-refractivity contribution in [3.05, 3.63) is 29.3 Å². The second-order valence-corrected chi connectivity index (χ2v) is 5.58. The molecule has 0 amide bonds. The minimum absolute atomic E-state index is 0.0858. The fourth-order valence-electron chi connectivity index (χ4n) is 2.20. The molecule has 1 aromatic carbocycles. The lowest BCUT2D eigenvalue weighted by molar-refractivity contribution is -0.146. The maximum atomic E-state index is 12.4. The lowest BCUT2D eigenvalue weighted by Crippen LogP contribution is -2.35. The van der Waals surface area contributed by atoms with Crippen LogP contribution in [0.5, 0.6) is 5.75 Å². The Morgan fingerprint density at radius 3 is 2.69 bits per heavy atom. The highest BCUT2D eigenvalue weighted by Crippen LogP contribution is 2.22. The van der Waals surface area contributed by atoms with E-state index in [4.69, 9.17) is 19.8 Å². The van der Waals surface area contributed by atoms with Crippen molar-refractivity contribution in [1.82, 2.24) is 4.90 Å². The van der Waals surface area contributed by atoms with Crippen molar-refractivity contribution in [2.75, 3.05) is 33.0 Å². The van der Waals surface area contributed by atoms with E-state index < -0.39 is 18.6 Å². The first kappa shape index (κ1) is 21.4. The number of halogens is 1. The minimum atomic E-state index is -1.09. The Balaban J connectivity index is 2.87. The van der Waals surface area contributed by atoms with Crippen LogP contribution in [0.15, 0.2) is 18.2 Å². The minimum Gasteiger partial charge on any atom is -0.490 e. The summed E-state index contributed by atoms with van der Waals surface area (Å²) in [6.45, 7) is 0.900. The fourth-order valence-corrected chi connectivity index (χ4v) is 2.20. The quantitative estimate of drug-likeness (QED) is 0.447. The molecule has 0 aliphatic heterocycles. The van der Waals surface area contributed by atoms with Gasteiger partial charge in [-0.05, 0) is 18.6 Å². The van der Waals surface area contributed by atoms with Crippen molar-refractivity contribution in [1.29, 1.82) is 5.26 Å². The summed E-state index contributed by atoms with van der Waals surface area (Å²) in [5.41, 5.74) is 0.895. The van der Waals surface area contributed by atoms with Crippen LogP contribution in [0.1, 0.15) is 30.9 Å². The number of carbonyl (C=O) groups excluding carboxylic acids is 1. The van der Waals surface area contributed by atoms with Crippen LogP contribution in [0.3, 0.4) is 0 Å². The molecule has 0 fully saturated rings. The van der Waals surface area contributed by atoms with Crippen LogP contribution in [0, 0.1) is 11.3 Å². The van der Waals surface area contributed by atoms with Crippen LogP contribution >= 0.6 is 0 Å². The number of esters is 1. The Labute approximate surface area is 151 Å². The molecule has 8 heteroatoms. The molecule has 1 N–H and O–H groups in total. The van der Waals surface area contributed by atoms with Gasteiger partial charge in [0.25, 0.3) is 0 Å². The third-order valence-electron chi connectivity index (χ3n) is 3.40. The van der Waals surface area contributed by atoms with E-state index in [-0.39, 0.29) is 38.6 Å². The van der Waals surface area contributed by atoms with E-state index in [0.29, 0.717) is 11.1 Å². The highest BCUT2D eigenvalue weighted by atomic mass is 19.1. The molecule has 0 aliphatic carbocycles. The largest absolute Gasteiger partial charge is 0.490 e. The summed E-state index contributed by atoms with van der Waals surface area (Å²) < 4.78 is 22.8. The number of carboxylic acids is 1. The smallest absolute Gasteiger partial charge is 0.320 e. The highest BCUT2D eigenvalue weighted by molar-refractivity contribution is 5.74. The van der Waals surface area contributed by atoms with Gasteiger partial charge in [0.1, 0.15) is 19.0 Å². The second-order valence-electron chi connectivity index (χ2n) is 5.58. The summed E-state index contributed by atoms with van der Waals surface area (Å²) in [6.07, 6.45) is 1.62. The molecule has 0 saturated heterocycles. The van der Waals surface area contributed by atoms with Gasteiger partial charge < -0.3 is 14.6 Å². The molecule has 1 rings (SSSR count). The predicted octanol–water partition coefficient (Wildman–Crippen LogP) is 2.14. The molecule has 0 atom stereocenters. The van der Waals surface area contributed by atoms with Gasteiger partial charge in [0.2, 0.25) is 0 Å². The van der Waals surface area contributed by atoms with Gasteiger partial charge in [-0.15, -0.1) is 0 Å². The summed E-state index contributed by atoms with van der Waals surface area (Å²) in [4.78, 5) is 24.3. The monoisotopic (exact) mass is 366 g/mol. The number of unbranched alkanes of at least 4 members (excludes halogenated alkanes) is 1. The first-order valence-corrected chi connectivity index (χ1v) is 8.31. The summed E-state index contributed by atoms with van der Waals surface area (Å²) in [5.74, 6) is -1.32. The number of aliphatic carboxylic acids is 1. The number of hydrogen-bond acceptors (Lipinski definition) is 6. The lowest BCUT2D eigenvalue weighted by Gasteiger charge is -2.21. The van der Waals surface area contributed by atoms with Crippen molar-refractivity contribution >= 4 is 11.9 Å².